The van der Waals surface area contributed by atoms with Crippen molar-refractivity contribution < 1.29 is 0 Å². The predicted molar refractivity (Wildman–Crippen MR) is 71.5 cm³/mol. The fourth-order valence-corrected chi connectivity index (χ4v) is 2.31. The topological polar surface area (TPSA) is 28.7 Å². The molecule has 2 nitrogen and oxygen atoms in total. The van der Waals surface area contributed by atoms with Crippen LogP contribution in [0.25, 0.3) is 22.2 Å². The van der Waals surface area contributed by atoms with Crippen LogP contribution in [-0.4, -0.2) is 9.97 Å². The summed E-state index contributed by atoms with van der Waals surface area (Å²) in [6, 6.07) is 9.55. The molecule has 0 spiro atoms. The molecular formula is C13H8Cl2N2. The van der Waals surface area contributed by atoms with Crippen molar-refractivity contribution in [3.05, 3.63) is 52.8 Å². The van der Waals surface area contributed by atoms with Gasteiger partial charge in [0.05, 0.1) is 10.0 Å². The molecule has 4 heteroatoms. The smallest absolute Gasteiger partial charge is 0.137 e. The van der Waals surface area contributed by atoms with Crippen LogP contribution in [0.2, 0.25) is 10.0 Å². The molecule has 1 N–H and O–H groups in total. The highest BCUT2D eigenvalue weighted by Gasteiger charge is 2.10. The maximum absolute atomic E-state index is 6.23. The normalized spacial score (nSPS) is 10.9. The number of hydrogen-bond acceptors (Lipinski definition) is 1. The van der Waals surface area contributed by atoms with Crippen LogP contribution < -0.4 is 0 Å². The minimum Gasteiger partial charge on any atom is -0.346 e. The Labute approximate surface area is 108 Å². The molecule has 0 aliphatic carbocycles. The predicted octanol–water partition coefficient (Wildman–Crippen LogP) is 4.54. The highest BCUT2D eigenvalue weighted by Crippen LogP contribution is 2.36. The molecular weight excluding hydrogens is 255 g/mol. The summed E-state index contributed by atoms with van der Waals surface area (Å²) in [6.45, 7) is 0. The Hall–Kier alpha value is -1.51. The zero-order chi connectivity index (χ0) is 11.8. The van der Waals surface area contributed by atoms with Crippen molar-refractivity contribution in [3.63, 3.8) is 0 Å². The summed E-state index contributed by atoms with van der Waals surface area (Å²) in [5.41, 5.74) is 2.80. The number of fused-ring (bicyclic) bond motifs is 1. The summed E-state index contributed by atoms with van der Waals surface area (Å²) in [6.07, 6.45) is 3.62. The van der Waals surface area contributed by atoms with Gasteiger partial charge in [0.15, 0.2) is 0 Å². The van der Waals surface area contributed by atoms with E-state index in [4.69, 9.17) is 23.2 Å². The van der Waals surface area contributed by atoms with Crippen LogP contribution in [-0.2, 0) is 0 Å². The number of hydrogen-bond donors (Lipinski definition) is 1. The molecule has 0 atom stereocenters. The van der Waals surface area contributed by atoms with Gasteiger partial charge in [-0.15, -0.1) is 0 Å². The molecule has 0 saturated heterocycles. The fraction of sp³-hybridized carbons (Fsp3) is 0. The number of benzene rings is 1. The first-order chi connectivity index (χ1) is 8.27. The molecule has 0 aliphatic heterocycles. The van der Waals surface area contributed by atoms with Crippen molar-refractivity contribution in [2.45, 2.75) is 0 Å². The Morgan fingerprint density at radius 1 is 1.00 bits per heavy atom. The Morgan fingerprint density at radius 3 is 2.76 bits per heavy atom. The zero-order valence-electron chi connectivity index (χ0n) is 8.74. The Bertz CT molecular complexity index is 689. The van der Waals surface area contributed by atoms with Crippen LogP contribution in [0.1, 0.15) is 0 Å². The molecule has 2 aromatic heterocycles. The lowest BCUT2D eigenvalue weighted by molar-refractivity contribution is 1.33. The SMILES string of the molecule is Clc1cccc(-c2ccnc3[nH]ccc23)c1Cl. The summed E-state index contributed by atoms with van der Waals surface area (Å²) in [7, 11) is 0. The maximum Gasteiger partial charge on any atom is 0.137 e. The molecule has 0 fully saturated rings. The van der Waals surface area contributed by atoms with Crippen molar-refractivity contribution in [1.82, 2.24) is 9.97 Å². The maximum atomic E-state index is 6.23. The molecule has 17 heavy (non-hydrogen) atoms. The van der Waals surface area contributed by atoms with Crippen LogP contribution in [0.5, 0.6) is 0 Å². The van der Waals surface area contributed by atoms with Crippen LogP contribution in [0.4, 0.5) is 0 Å². The summed E-state index contributed by atoms with van der Waals surface area (Å²) in [5, 5.41) is 2.17. The molecule has 0 radical (unpaired) electrons. The Balaban J connectivity index is 2.34. The van der Waals surface area contributed by atoms with Crippen molar-refractivity contribution in [3.8, 4) is 11.1 Å². The van der Waals surface area contributed by atoms with Crippen LogP contribution in [0.15, 0.2) is 42.7 Å². The monoisotopic (exact) mass is 262 g/mol. The third kappa shape index (κ3) is 1.70. The molecule has 2 heterocycles. The zero-order valence-corrected chi connectivity index (χ0v) is 10.3. The number of pyridine rings is 1. The molecule has 0 bridgehead atoms. The number of rotatable bonds is 1. The lowest BCUT2D eigenvalue weighted by Gasteiger charge is -2.06. The van der Waals surface area contributed by atoms with E-state index >= 15 is 0 Å². The number of H-pyrrole nitrogens is 1. The van der Waals surface area contributed by atoms with Gasteiger partial charge in [0.1, 0.15) is 5.65 Å². The van der Waals surface area contributed by atoms with Crippen LogP contribution in [0, 0.1) is 0 Å². The van der Waals surface area contributed by atoms with Gasteiger partial charge >= 0.3 is 0 Å². The van der Waals surface area contributed by atoms with Gasteiger partial charge in [-0.05, 0) is 23.8 Å². The lowest BCUT2D eigenvalue weighted by Crippen LogP contribution is -1.83. The second-order valence-electron chi connectivity index (χ2n) is 3.70. The van der Waals surface area contributed by atoms with Gasteiger partial charge in [0, 0.05) is 23.3 Å². The van der Waals surface area contributed by atoms with E-state index in [1.807, 2.05) is 30.5 Å². The molecule has 0 aliphatic rings. The number of nitrogens with one attached hydrogen (secondary N) is 1. The molecule has 0 saturated carbocycles. The first kappa shape index (κ1) is 10.6. The summed E-state index contributed by atoms with van der Waals surface area (Å²) >= 11 is 12.3. The second kappa shape index (κ2) is 4.06. The van der Waals surface area contributed by atoms with E-state index in [2.05, 4.69) is 9.97 Å². The van der Waals surface area contributed by atoms with Crippen molar-refractivity contribution in [1.29, 1.82) is 0 Å². The first-order valence-corrected chi connectivity index (χ1v) is 5.89. The van der Waals surface area contributed by atoms with E-state index in [1.165, 1.54) is 0 Å². The average Bonchev–Trinajstić information content (AvgIpc) is 2.81. The summed E-state index contributed by atoms with van der Waals surface area (Å²) < 4.78 is 0. The van der Waals surface area contributed by atoms with Gasteiger partial charge in [-0.2, -0.15) is 0 Å². The molecule has 3 aromatic rings. The third-order valence-corrected chi connectivity index (χ3v) is 3.52. The van der Waals surface area contributed by atoms with E-state index in [-0.39, 0.29) is 0 Å². The number of aromatic nitrogens is 2. The summed E-state index contributed by atoms with van der Waals surface area (Å²) in [4.78, 5) is 7.32. The van der Waals surface area contributed by atoms with Gasteiger partial charge in [0.2, 0.25) is 0 Å². The Kier molecular flexibility index (Phi) is 2.54. The first-order valence-electron chi connectivity index (χ1n) is 5.14. The van der Waals surface area contributed by atoms with Gasteiger partial charge in [0.25, 0.3) is 0 Å². The quantitative estimate of drug-likeness (QED) is 0.686. The van der Waals surface area contributed by atoms with E-state index in [0.29, 0.717) is 10.0 Å². The molecule has 84 valence electrons. The third-order valence-electron chi connectivity index (χ3n) is 2.70. The number of nitrogens with zero attached hydrogens (tertiary/aromatic N) is 1. The molecule has 0 amide bonds. The number of aromatic amines is 1. The minimum absolute atomic E-state index is 0.560. The van der Waals surface area contributed by atoms with E-state index in [9.17, 15) is 0 Å². The van der Waals surface area contributed by atoms with Gasteiger partial charge in [-0.1, -0.05) is 35.3 Å². The van der Waals surface area contributed by atoms with Crippen LogP contribution in [0.3, 0.4) is 0 Å². The fourth-order valence-electron chi connectivity index (χ4n) is 1.91. The highest BCUT2D eigenvalue weighted by molar-refractivity contribution is 6.43. The van der Waals surface area contributed by atoms with Crippen LogP contribution >= 0.6 is 23.2 Å². The molecule has 0 unspecified atom stereocenters. The van der Waals surface area contributed by atoms with Crippen molar-refractivity contribution in [2.24, 2.45) is 0 Å². The van der Waals surface area contributed by atoms with E-state index in [0.717, 1.165) is 22.2 Å². The minimum atomic E-state index is 0.560. The molecule has 1 aromatic carbocycles. The van der Waals surface area contributed by atoms with Crippen molar-refractivity contribution in [2.75, 3.05) is 0 Å². The second-order valence-corrected chi connectivity index (χ2v) is 4.49. The average molecular weight is 263 g/mol. The van der Waals surface area contributed by atoms with Gasteiger partial charge in [-0.25, -0.2) is 4.98 Å². The van der Waals surface area contributed by atoms with Gasteiger partial charge in [-0.3, -0.25) is 0 Å². The largest absolute Gasteiger partial charge is 0.346 e. The van der Waals surface area contributed by atoms with E-state index in [1.54, 1.807) is 12.3 Å². The highest BCUT2D eigenvalue weighted by atomic mass is 35.5. The van der Waals surface area contributed by atoms with Gasteiger partial charge < -0.3 is 4.98 Å². The van der Waals surface area contributed by atoms with E-state index < -0.39 is 0 Å². The Morgan fingerprint density at radius 2 is 1.88 bits per heavy atom. The number of halogens is 2. The molecule has 3 rings (SSSR count). The van der Waals surface area contributed by atoms with Crippen molar-refractivity contribution >= 4 is 34.2 Å². The summed E-state index contributed by atoms with van der Waals surface area (Å²) in [5.74, 6) is 0. The standard InChI is InChI=1S/C13H8Cl2N2/c14-11-3-1-2-9(12(11)15)8-4-6-16-13-10(8)5-7-17-13/h1-7H,(H,16,17). The lowest BCUT2D eigenvalue weighted by atomic mass is 10.0.